The topological polar surface area (TPSA) is 26.0 Å². The number of nitrogens with two attached hydrogens (primary N) is 1. The maximum atomic E-state index is 13.0. The second kappa shape index (κ2) is 5.81. The van der Waals surface area contributed by atoms with Crippen LogP contribution in [0, 0.1) is 11.6 Å². The summed E-state index contributed by atoms with van der Waals surface area (Å²) in [6.45, 7) is 2.60. The van der Waals surface area contributed by atoms with Crippen LogP contribution >= 0.6 is 0 Å². The number of halogens is 2. The Bertz CT molecular complexity index is 286. The monoisotopic (exact) mass is 213 g/mol. The molecule has 0 aromatic heterocycles. The van der Waals surface area contributed by atoms with Gasteiger partial charge in [0, 0.05) is 6.07 Å². The van der Waals surface area contributed by atoms with Gasteiger partial charge in [0.25, 0.3) is 0 Å². The van der Waals surface area contributed by atoms with Crippen molar-refractivity contribution in [1.82, 2.24) is 0 Å². The zero-order chi connectivity index (χ0) is 11.3. The van der Waals surface area contributed by atoms with Crippen LogP contribution in [0.25, 0.3) is 0 Å². The standard InChI is InChI=1S/C12H17F2N/c1-2-3-9(4-5-15)10-6-11(13)8-12(14)7-10/h6-9H,2-5,15H2,1H3. The molecule has 0 heterocycles. The van der Waals surface area contributed by atoms with Gasteiger partial charge in [-0.3, -0.25) is 0 Å². The van der Waals surface area contributed by atoms with Gasteiger partial charge >= 0.3 is 0 Å². The summed E-state index contributed by atoms with van der Waals surface area (Å²) in [6.07, 6.45) is 2.68. The molecule has 2 N–H and O–H groups in total. The molecule has 0 aliphatic carbocycles. The summed E-state index contributed by atoms with van der Waals surface area (Å²) in [5, 5.41) is 0. The summed E-state index contributed by atoms with van der Waals surface area (Å²) in [5.74, 6) is -0.851. The molecule has 1 atom stereocenters. The maximum absolute atomic E-state index is 13.0. The average molecular weight is 213 g/mol. The van der Waals surface area contributed by atoms with E-state index in [1.165, 1.54) is 12.1 Å². The highest BCUT2D eigenvalue weighted by atomic mass is 19.1. The van der Waals surface area contributed by atoms with Gasteiger partial charge in [-0.1, -0.05) is 13.3 Å². The Hall–Kier alpha value is -0.960. The summed E-state index contributed by atoms with van der Waals surface area (Å²) in [4.78, 5) is 0. The van der Waals surface area contributed by atoms with Crippen LogP contribution < -0.4 is 5.73 Å². The van der Waals surface area contributed by atoms with E-state index < -0.39 is 11.6 Å². The first kappa shape index (κ1) is 12.1. The summed E-state index contributed by atoms with van der Waals surface area (Å²) < 4.78 is 26.0. The van der Waals surface area contributed by atoms with E-state index in [0.29, 0.717) is 6.54 Å². The highest BCUT2D eigenvalue weighted by Crippen LogP contribution is 2.25. The number of rotatable bonds is 5. The summed E-state index contributed by atoms with van der Waals surface area (Å²) in [6, 6.07) is 3.70. The molecule has 0 aliphatic rings. The zero-order valence-electron chi connectivity index (χ0n) is 8.97. The SMILES string of the molecule is CCCC(CCN)c1cc(F)cc(F)c1. The fraction of sp³-hybridized carbons (Fsp3) is 0.500. The van der Waals surface area contributed by atoms with Gasteiger partial charge in [-0.2, -0.15) is 0 Å². The fourth-order valence-electron chi connectivity index (χ4n) is 1.84. The molecule has 0 bridgehead atoms. The molecular formula is C12H17F2N. The van der Waals surface area contributed by atoms with Gasteiger partial charge in [0.2, 0.25) is 0 Å². The summed E-state index contributed by atoms with van der Waals surface area (Å²) in [7, 11) is 0. The van der Waals surface area contributed by atoms with Gasteiger partial charge in [-0.25, -0.2) is 8.78 Å². The molecule has 1 unspecified atom stereocenters. The summed E-state index contributed by atoms with van der Waals surface area (Å²) in [5.41, 5.74) is 6.21. The lowest BCUT2D eigenvalue weighted by molar-refractivity contribution is 0.546. The van der Waals surface area contributed by atoms with Gasteiger partial charge in [0.1, 0.15) is 11.6 Å². The molecular weight excluding hydrogens is 196 g/mol. The van der Waals surface area contributed by atoms with E-state index in [-0.39, 0.29) is 5.92 Å². The van der Waals surface area contributed by atoms with Gasteiger partial charge in [-0.15, -0.1) is 0 Å². The van der Waals surface area contributed by atoms with Crippen LogP contribution in [0.15, 0.2) is 18.2 Å². The molecule has 0 saturated heterocycles. The minimum absolute atomic E-state index is 0.171. The van der Waals surface area contributed by atoms with E-state index >= 15 is 0 Å². The highest BCUT2D eigenvalue weighted by molar-refractivity contribution is 5.21. The predicted octanol–water partition coefficient (Wildman–Crippen LogP) is 3.20. The molecule has 0 spiro atoms. The first-order valence-corrected chi connectivity index (χ1v) is 5.33. The van der Waals surface area contributed by atoms with Crippen LogP contribution in [0.4, 0.5) is 8.78 Å². The molecule has 84 valence electrons. The Morgan fingerprint density at radius 1 is 1.13 bits per heavy atom. The Morgan fingerprint density at radius 2 is 1.73 bits per heavy atom. The molecule has 0 radical (unpaired) electrons. The minimum Gasteiger partial charge on any atom is -0.330 e. The smallest absolute Gasteiger partial charge is 0.126 e. The lowest BCUT2D eigenvalue weighted by Crippen LogP contribution is -2.08. The van der Waals surface area contributed by atoms with Gasteiger partial charge in [0.15, 0.2) is 0 Å². The minimum atomic E-state index is -0.511. The second-order valence-electron chi connectivity index (χ2n) is 3.77. The molecule has 1 nitrogen and oxygen atoms in total. The fourth-order valence-corrected chi connectivity index (χ4v) is 1.84. The Labute approximate surface area is 89.3 Å². The van der Waals surface area contributed by atoms with Crippen LogP contribution in [0.3, 0.4) is 0 Å². The van der Waals surface area contributed by atoms with Crippen molar-refractivity contribution in [2.24, 2.45) is 5.73 Å². The third kappa shape index (κ3) is 3.59. The van der Waals surface area contributed by atoms with Crippen LogP contribution in [0.1, 0.15) is 37.7 Å². The average Bonchev–Trinajstić information content (AvgIpc) is 2.16. The quantitative estimate of drug-likeness (QED) is 0.798. The van der Waals surface area contributed by atoms with Crippen LogP contribution in [0.2, 0.25) is 0 Å². The second-order valence-corrected chi connectivity index (χ2v) is 3.77. The van der Waals surface area contributed by atoms with E-state index in [4.69, 9.17) is 5.73 Å². The van der Waals surface area contributed by atoms with Crippen molar-refractivity contribution in [3.63, 3.8) is 0 Å². The third-order valence-corrected chi connectivity index (χ3v) is 2.51. The van der Waals surface area contributed by atoms with Crippen molar-refractivity contribution in [2.45, 2.75) is 32.1 Å². The predicted molar refractivity (Wildman–Crippen MR) is 57.7 cm³/mol. The van der Waals surface area contributed by atoms with E-state index in [2.05, 4.69) is 6.92 Å². The van der Waals surface area contributed by atoms with Gasteiger partial charge in [-0.05, 0) is 43.0 Å². The third-order valence-electron chi connectivity index (χ3n) is 2.51. The van der Waals surface area contributed by atoms with Crippen LogP contribution in [-0.4, -0.2) is 6.54 Å². The van der Waals surface area contributed by atoms with E-state index in [0.717, 1.165) is 30.9 Å². The molecule has 1 rings (SSSR count). The van der Waals surface area contributed by atoms with Crippen molar-refractivity contribution in [3.05, 3.63) is 35.4 Å². The number of hydrogen-bond acceptors (Lipinski definition) is 1. The molecule has 0 aliphatic heterocycles. The first-order chi connectivity index (χ1) is 7.17. The Morgan fingerprint density at radius 3 is 2.20 bits per heavy atom. The first-order valence-electron chi connectivity index (χ1n) is 5.33. The lowest BCUT2D eigenvalue weighted by Gasteiger charge is -2.15. The maximum Gasteiger partial charge on any atom is 0.126 e. The van der Waals surface area contributed by atoms with Crippen molar-refractivity contribution < 1.29 is 8.78 Å². The molecule has 15 heavy (non-hydrogen) atoms. The number of hydrogen-bond donors (Lipinski definition) is 1. The van der Waals surface area contributed by atoms with Crippen molar-refractivity contribution >= 4 is 0 Å². The molecule has 0 fully saturated rings. The highest BCUT2D eigenvalue weighted by Gasteiger charge is 2.12. The molecule has 0 amide bonds. The van der Waals surface area contributed by atoms with Crippen molar-refractivity contribution in [3.8, 4) is 0 Å². The normalized spacial score (nSPS) is 12.8. The van der Waals surface area contributed by atoms with E-state index in [1.807, 2.05) is 0 Å². The Balaban J connectivity index is 2.88. The van der Waals surface area contributed by atoms with Crippen molar-refractivity contribution in [2.75, 3.05) is 6.54 Å². The Kier molecular flexibility index (Phi) is 4.69. The zero-order valence-corrected chi connectivity index (χ0v) is 8.97. The summed E-state index contributed by atoms with van der Waals surface area (Å²) >= 11 is 0. The van der Waals surface area contributed by atoms with Gasteiger partial charge in [0.05, 0.1) is 0 Å². The van der Waals surface area contributed by atoms with Crippen molar-refractivity contribution in [1.29, 1.82) is 0 Å². The van der Waals surface area contributed by atoms with Crippen LogP contribution in [-0.2, 0) is 0 Å². The van der Waals surface area contributed by atoms with Gasteiger partial charge < -0.3 is 5.73 Å². The molecule has 1 aromatic rings. The van der Waals surface area contributed by atoms with E-state index in [9.17, 15) is 8.78 Å². The lowest BCUT2D eigenvalue weighted by atomic mass is 9.91. The van der Waals surface area contributed by atoms with E-state index in [1.54, 1.807) is 0 Å². The molecule has 3 heteroatoms. The number of benzene rings is 1. The van der Waals surface area contributed by atoms with Crippen LogP contribution in [0.5, 0.6) is 0 Å². The molecule has 0 saturated carbocycles. The largest absolute Gasteiger partial charge is 0.330 e. The molecule has 1 aromatic carbocycles.